The molecule has 430 valence electrons. The number of Topliss-reactive ketones (excluding diaryl/α,β-unsaturated/α-hetero) is 1. The number of benzene rings is 21. The average Bonchev–Trinajstić information content (AvgIpc) is 1.39. The molecule has 0 amide bonds. The smallest absolute Gasteiger partial charge is 0.214 e. The van der Waals surface area contributed by atoms with Gasteiger partial charge >= 0.3 is 0 Å². The minimum Gasteiger partial charge on any atom is -0.291 e. The van der Waals surface area contributed by atoms with Crippen LogP contribution in [0.2, 0.25) is 0 Å². The quantitative estimate of drug-likeness (QED) is 0.0944. The van der Waals surface area contributed by atoms with E-state index < -0.39 is 11.0 Å². The maximum Gasteiger partial charge on any atom is 0.214 e. The van der Waals surface area contributed by atoms with E-state index in [2.05, 4.69) is 133 Å². The fraction of sp³-hybridized carbons (Fsp3) is 0.0323. The van der Waals surface area contributed by atoms with Gasteiger partial charge in [-0.1, -0.05) is 127 Å². The summed E-state index contributed by atoms with van der Waals surface area (Å²) in [6.07, 6.45) is 2.44. The van der Waals surface area contributed by atoms with Crippen LogP contribution < -0.4 is 10.8 Å². The lowest BCUT2D eigenvalue weighted by Gasteiger charge is -2.51. The van der Waals surface area contributed by atoms with E-state index in [0.717, 1.165) is 88.1 Å². The van der Waals surface area contributed by atoms with E-state index in [1.54, 1.807) is 0 Å². The number of fused-ring (bicyclic) bond motifs is 6. The topological polar surface area (TPSA) is 84.1 Å². The molecule has 6 heteroatoms. The molecule has 35 rings (SSSR count). The molecule has 0 spiro atoms. The molecule has 4 aliphatic rings. The number of pyridine rings is 1. The molecule has 0 N–H and O–H groups in total. The molecule has 31 aromatic rings. The van der Waals surface area contributed by atoms with E-state index in [4.69, 9.17) is 20.2 Å². The van der Waals surface area contributed by atoms with Crippen LogP contribution >= 0.6 is 0 Å². The Kier molecular flexibility index (Phi) is 5.14. The molecular weight excluding hydrogens is 1210 g/mol. The van der Waals surface area contributed by atoms with Crippen molar-refractivity contribution in [3.8, 4) is 0 Å². The molecule has 1 aliphatic heterocycles. The first-order chi connectivity index (χ1) is 49.2. The van der Waals surface area contributed by atoms with Crippen molar-refractivity contribution in [3.05, 3.63) is 223 Å². The van der Waals surface area contributed by atoms with Gasteiger partial charge in [0.1, 0.15) is 11.1 Å². The van der Waals surface area contributed by atoms with Crippen molar-refractivity contribution in [2.45, 2.75) is 17.4 Å². The van der Waals surface area contributed by atoms with Gasteiger partial charge in [0.15, 0.2) is 5.54 Å². The van der Waals surface area contributed by atoms with Crippen LogP contribution in [0.4, 0.5) is 0 Å². The minimum atomic E-state index is -1.69. The van der Waals surface area contributed by atoms with Crippen LogP contribution in [0.5, 0.6) is 0 Å². The van der Waals surface area contributed by atoms with Gasteiger partial charge < -0.3 is 0 Å². The zero-order valence-electron chi connectivity index (χ0n) is 51.2. The Labute approximate surface area is 548 Å². The van der Waals surface area contributed by atoms with Gasteiger partial charge in [0, 0.05) is 88.7 Å². The predicted molar refractivity (Wildman–Crippen MR) is 406 cm³/mol. The Morgan fingerprint density at radius 1 is 0.323 bits per heavy atom. The number of carbonyl (C=O) groups excluding carboxylic acids is 1. The molecule has 0 radical (unpaired) electrons. The van der Waals surface area contributed by atoms with Crippen LogP contribution in [0.3, 0.4) is 0 Å². The fourth-order valence-electron chi connectivity index (χ4n) is 27.3. The maximum atomic E-state index is 18.8. The zero-order valence-corrected chi connectivity index (χ0v) is 51.2. The van der Waals surface area contributed by atoms with Gasteiger partial charge in [-0.2, -0.15) is 0 Å². The van der Waals surface area contributed by atoms with Crippen molar-refractivity contribution in [1.29, 1.82) is 0 Å². The predicted octanol–water partition coefficient (Wildman–Crippen LogP) is 21.1. The first kappa shape index (κ1) is 43.2. The van der Waals surface area contributed by atoms with Crippen molar-refractivity contribution in [2.75, 3.05) is 0 Å². The van der Waals surface area contributed by atoms with E-state index in [-0.39, 0.29) is 11.2 Å². The Hall–Kier alpha value is -12.9. The van der Waals surface area contributed by atoms with Gasteiger partial charge in [0.05, 0.1) is 16.8 Å². The number of carbonyl (C=O) groups is 1. The summed E-state index contributed by atoms with van der Waals surface area (Å²) in [5.74, 6) is 0.00534. The first-order valence-corrected chi connectivity index (χ1v) is 35.1. The maximum absolute atomic E-state index is 18.8. The summed E-state index contributed by atoms with van der Waals surface area (Å²) in [5.41, 5.74) is 8.92. The Bertz CT molecular complexity index is 9430. The summed E-state index contributed by atoms with van der Waals surface area (Å²) in [7, 11) is 0. The molecule has 2 heterocycles. The second kappa shape index (κ2) is 11.8. The molecule has 2 unspecified atom stereocenters. The molecule has 0 saturated heterocycles. The third-order valence-corrected chi connectivity index (χ3v) is 29.2. The molecule has 3 aliphatic carbocycles. The lowest BCUT2D eigenvalue weighted by molar-refractivity contribution is 0.0911. The standard InChI is InChI=1S/C93H26N4O2/c98-89-83-78-73-53-47-40(82(78)88(89)97-96-87(26-15-5-1-6-16-26)27-17-7-2-8-18-27)35-30-25-31-34-33(30)37-42-39(35)46(47)52-54-48(42)50-44(37)45-38(34)43-41-36(31)91(99)93(32-23-13-14-24-94-32)86-81(41)76-71-49(43)51(45)56-55(50)59-58(54)60-57(52)65(53)69-67-63(60)64-61(59)62(56)66(71)70-68(64)72(67)77-79(74(69)73)84(83)92(29-21-11-4-12-22-29,85(86)80(77)75(70)76)90(95-93)28-19-9-3-10-20-28/h1-24H,25H2/b97-88+. The highest BCUT2D eigenvalue weighted by molar-refractivity contribution is 6.80. The van der Waals surface area contributed by atoms with E-state index in [0.29, 0.717) is 28.6 Å². The zero-order chi connectivity index (χ0) is 61.6. The normalized spacial score (nSPS) is 19.1. The van der Waals surface area contributed by atoms with Gasteiger partial charge in [0.2, 0.25) is 11.2 Å². The molecule has 0 bridgehead atoms. The Morgan fingerprint density at radius 3 is 1.16 bits per heavy atom. The summed E-state index contributed by atoms with van der Waals surface area (Å²) in [6, 6.07) is 49.1. The molecule has 2 atom stereocenters. The molecule has 0 saturated carbocycles. The Morgan fingerprint density at radius 2 is 0.687 bits per heavy atom. The van der Waals surface area contributed by atoms with Gasteiger partial charge in [-0.3, -0.25) is 19.6 Å². The summed E-state index contributed by atoms with van der Waals surface area (Å²) < 4.78 is 0. The molecular formula is C93H26N4O2. The third kappa shape index (κ3) is 3.16. The summed E-state index contributed by atoms with van der Waals surface area (Å²) in [4.78, 5) is 49.6. The van der Waals surface area contributed by atoms with Crippen LogP contribution in [-0.4, -0.2) is 22.2 Å². The van der Waals surface area contributed by atoms with E-state index in [9.17, 15) is 0 Å². The third-order valence-electron chi connectivity index (χ3n) is 29.2. The van der Waals surface area contributed by atoms with Crippen LogP contribution in [0.25, 0.3) is 269 Å². The number of aliphatic imine (C=N–C) groups is 1. The average molecular weight is 1230 g/mol. The van der Waals surface area contributed by atoms with Crippen molar-refractivity contribution in [1.82, 2.24) is 4.98 Å². The van der Waals surface area contributed by atoms with Gasteiger partial charge in [-0.25, -0.2) is 0 Å². The van der Waals surface area contributed by atoms with Crippen LogP contribution in [0.15, 0.2) is 166 Å². The summed E-state index contributed by atoms with van der Waals surface area (Å²) in [5, 5.41) is 78.0. The second-order valence-corrected chi connectivity index (χ2v) is 31.5. The highest BCUT2D eigenvalue weighted by Crippen LogP contribution is 2.79. The SMILES string of the molecule is O=C1c2c3c4c5c(c6c7c8/c(=N\N=C(c9ccccc9)c9ccccc9)c(=O)c9c%10c%11c%12c%13c%14c(c%15c2c2c4c4c%16c5c5c6c6c7c7c(c98)c%11c8c9c%12c%11c%12c%13c%15c%13c2c4c2c(c%13%12)c4c%11c9c9c(c87)c6c6c5c%16c2c4c69)C1(c1ccccn1)N=C(c1ccccc1)C%14%10c1ccccc1)C3. The van der Waals surface area contributed by atoms with Crippen molar-refractivity contribution < 1.29 is 4.79 Å². The fourth-order valence-corrected chi connectivity index (χ4v) is 27.3. The summed E-state index contributed by atoms with van der Waals surface area (Å²) in [6.45, 7) is 0. The molecule has 1 aromatic heterocycles. The number of ketones is 1. The number of rotatable bonds is 6. The number of aromatic nitrogens is 1. The monoisotopic (exact) mass is 1230 g/mol. The minimum absolute atomic E-state index is 0.00534. The van der Waals surface area contributed by atoms with E-state index in [1.165, 1.54) is 237 Å². The van der Waals surface area contributed by atoms with Crippen molar-refractivity contribution in [2.24, 2.45) is 15.2 Å². The molecule has 6 nitrogen and oxygen atoms in total. The van der Waals surface area contributed by atoms with E-state index >= 15 is 9.59 Å². The van der Waals surface area contributed by atoms with E-state index in [1.807, 2.05) is 12.3 Å². The highest BCUT2D eigenvalue weighted by Gasteiger charge is 2.64. The van der Waals surface area contributed by atoms with Crippen LogP contribution in [0, 0.1) is 0 Å². The van der Waals surface area contributed by atoms with Gasteiger partial charge in [0.25, 0.3) is 0 Å². The molecule has 30 aromatic carbocycles. The van der Waals surface area contributed by atoms with Gasteiger partial charge in [-0.15, -0.1) is 10.2 Å². The molecule has 0 fully saturated rings. The Balaban J connectivity index is 1.00. The highest BCUT2D eigenvalue weighted by atomic mass is 16.1. The van der Waals surface area contributed by atoms with Crippen LogP contribution in [-0.2, 0) is 17.4 Å². The van der Waals surface area contributed by atoms with Gasteiger partial charge in [-0.05, 0) is 261 Å². The first-order valence-electron chi connectivity index (χ1n) is 35.1. The number of hydrogen-bond acceptors (Lipinski definition) is 6. The number of hydrogen-bond donors (Lipinski definition) is 0. The second-order valence-electron chi connectivity index (χ2n) is 31.5. The largest absolute Gasteiger partial charge is 0.291 e. The molecule has 99 heavy (non-hydrogen) atoms. The lowest BCUT2D eigenvalue weighted by Crippen LogP contribution is -2.52. The van der Waals surface area contributed by atoms with Crippen molar-refractivity contribution in [3.63, 3.8) is 0 Å². The number of nitrogens with zero attached hydrogens (tertiary/aromatic N) is 4. The van der Waals surface area contributed by atoms with Crippen LogP contribution in [0.1, 0.15) is 66.1 Å². The summed E-state index contributed by atoms with van der Waals surface area (Å²) >= 11 is 0. The lowest BCUT2D eigenvalue weighted by atomic mass is 9.52. The van der Waals surface area contributed by atoms with Crippen molar-refractivity contribution >= 4 is 287 Å².